The molecule has 3 heterocycles. The molecule has 1 amide bonds. The summed E-state index contributed by atoms with van der Waals surface area (Å²) in [5.74, 6) is 1.27. The van der Waals surface area contributed by atoms with Crippen molar-refractivity contribution in [3.8, 4) is 10.7 Å². The topological polar surface area (TPSA) is 49.3 Å². The van der Waals surface area contributed by atoms with Gasteiger partial charge >= 0.3 is 0 Å². The first-order valence-electron chi connectivity index (χ1n) is 10.3. The van der Waals surface area contributed by atoms with Gasteiger partial charge in [-0.1, -0.05) is 54.2 Å². The van der Waals surface area contributed by atoms with Crippen LogP contribution in [0.1, 0.15) is 0 Å². The summed E-state index contributed by atoms with van der Waals surface area (Å²) < 4.78 is 0. The number of hydrogen-bond acceptors (Lipinski definition) is 6. The molecule has 2 aromatic heterocycles. The van der Waals surface area contributed by atoms with Crippen molar-refractivity contribution in [3.05, 3.63) is 72.1 Å². The summed E-state index contributed by atoms with van der Waals surface area (Å²) in [5.41, 5.74) is 2.13. The van der Waals surface area contributed by atoms with Crippen LogP contribution in [0.3, 0.4) is 0 Å². The van der Waals surface area contributed by atoms with Gasteiger partial charge in [-0.3, -0.25) is 4.79 Å². The zero-order valence-electron chi connectivity index (χ0n) is 17.0. The molecule has 156 valence electrons. The van der Waals surface area contributed by atoms with E-state index in [-0.39, 0.29) is 5.91 Å². The van der Waals surface area contributed by atoms with Crippen molar-refractivity contribution in [1.29, 1.82) is 0 Å². The highest BCUT2D eigenvalue weighted by molar-refractivity contribution is 8.00. The van der Waals surface area contributed by atoms with Gasteiger partial charge in [0.2, 0.25) is 5.91 Å². The van der Waals surface area contributed by atoms with Crippen LogP contribution < -0.4 is 4.90 Å². The van der Waals surface area contributed by atoms with Gasteiger partial charge in [-0.25, -0.2) is 9.97 Å². The zero-order valence-corrected chi connectivity index (χ0v) is 18.6. The highest BCUT2D eigenvalue weighted by Crippen LogP contribution is 2.30. The molecule has 7 heteroatoms. The predicted molar refractivity (Wildman–Crippen MR) is 129 cm³/mol. The number of anilines is 1. The number of thiophene rings is 1. The van der Waals surface area contributed by atoms with Crippen molar-refractivity contribution in [2.75, 3.05) is 36.8 Å². The predicted octanol–water partition coefficient (Wildman–Crippen LogP) is 4.80. The molecule has 0 radical (unpaired) electrons. The summed E-state index contributed by atoms with van der Waals surface area (Å²) in [7, 11) is 0. The van der Waals surface area contributed by atoms with Crippen LogP contribution in [0.2, 0.25) is 0 Å². The van der Waals surface area contributed by atoms with E-state index in [0.29, 0.717) is 5.75 Å². The number of para-hydroxylation sites is 2. The van der Waals surface area contributed by atoms with Crippen molar-refractivity contribution in [3.63, 3.8) is 0 Å². The second kappa shape index (κ2) is 9.08. The third-order valence-corrected chi connectivity index (χ3v) is 7.24. The molecule has 0 saturated carbocycles. The van der Waals surface area contributed by atoms with E-state index in [1.807, 2.05) is 52.7 Å². The average molecular weight is 447 g/mol. The monoisotopic (exact) mass is 446 g/mol. The van der Waals surface area contributed by atoms with Crippen LogP contribution >= 0.6 is 23.1 Å². The van der Waals surface area contributed by atoms with Crippen LogP contribution in [0.15, 0.2) is 77.1 Å². The van der Waals surface area contributed by atoms with Gasteiger partial charge in [0.1, 0.15) is 5.03 Å². The number of carbonyl (C=O) groups excluding carboxylic acids is 1. The molecule has 1 fully saturated rings. The molecule has 0 N–H and O–H groups in total. The molecule has 2 aromatic carbocycles. The van der Waals surface area contributed by atoms with Gasteiger partial charge in [-0.2, -0.15) is 0 Å². The van der Waals surface area contributed by atoms with Gasteiger partial charge in [-0.05, 0) is 29.6 Å². The normalized spacial score (nSPS) is 14.2. The van der Waals surface area contributed by atoms with Crippen molar-refractivity contribution < 1.29 is 4.79 Å². The summed E-state index contributed by atoms with van der Waals surface area (Å²) >= 11 is 3.13. The Bertz CT molecular complexity index is 1170. The maximum Gasteiger partial charge on any atom is 0.233 e. The van der Waals surface area contributed by atoms with Crippen LogP contribution in [0.4, 0.5) is 5.69 Å². The first-order chi connectivity index (χ1) is 15.3. The Hall–Kier alpha value is -2.90. The fourth-order valence-corrected chi connectivity index (χ4v) is 5.33. The number of fused-ring (bicyclic) bond motifs is 1. The lowest BCUT2D eigenvalue weighted by Crippen LogP contribution is -2.49. The van der Waals surface area contributed by atoms with E-state index in [2.05, 4.69) is 29.2 Å². The quantitative estimate of drug-likeness (QED) is 0.326. The average Bonchev–Trinajstić information content (AvgIpc) is 3.38. The fraction of sp³-hybridized carbons (Fsp3) is 0.208. The third kappa shape index (κ3) is 4.43. The van der Waals surface area contributed by atoms with Gasteiger partial charge in [0.25, 0.3) is 0 Å². The summed E-state index contributed by atoms with van der Waals surface area (Å²) in [6.45, 7) is 3.22. The fourth-order valence-electron chi connectivity index (χ4n) is 3.75. The molecule has 0 spiro atoms. The van der Waals surface area contributed by atoms with Crippen LogP contribution in [0.25, 0.3) is 21.6 Å². The van der Waals surface area contributed by atoms with Gasteiger partial charge < -0.3 is 9.80 Å². The number of rotatable bonds is 5. The molecular formula is C24H22N4OS2. The Morgan fingerprint density at radius 1 is 0.903 bits per heavy atom. The first kappa shape index (κ1) is 20.0. The van der Waals surface area contributed by atoms with Gasteiger partial charge in [-0.15, -0.1) is 11.3 Å². The number of carbonyl (C=O) groups is 1. The van der Waals surface area contributed by atoms with Crippen LogP contribution in [-0.4, -0.2) is 52.7 Å². The summed E-state index contributed by atoms with van der Waals surface area (Å²) in [6, 6.07) is 22.4. The van der Waals surface area contributed by atoms with E-state index in [0.717, 1.165) is 52.8 Å². The number of thioether (sulfide) groups is 1. The van der Waals surface area contributed by atoms with E-state index in [4.69, 9.17) is 9.97 Å². The van der Waals surface area contributed by atoms with Crippen molar-refractivity contribution >= 4 is 45.6 Å². The molecule has 1 aliphatic rings. The van der Waals surface area contributed by atoms with Crippen molar-refractivity contribution in [2.45, 2.75) is 5.03 Å². The summed E-state index contributed by atoms with van der Waals surface area (Å²) in [6.07, 6.45) is 0. The summed E-state index contributed by atoms with van der Waals surface area (Å²) in [5, 5.41) is 3.89. The SMILES string of the molecule is O=C(CSc1nc(-c2cccs2)nc2ccccc12)N1CCN(c2ccccc2)CC1. The molecule has 0 unspecified atom stereocenters. The molecule has 1 saturated heterocycles. The van der Waals surface area contributed by atoms with Crippen LogP contribution in [0.5, 0.6) is 0 Å². The maximum atomic E-state index is 12.9. The maximum absolute atomic E-state index is 12.9. The van der Waals surface area contributed by atoms with E-state index >= 15 is 0 Å². The lowest BCUT2D eigenvalue weighted by Gasteiger charge is -2.36. The van der Waals surface area contributed by atoms with Gasteiger partial charge in [0, 0.05) is 37.3 Å². The zero-order chi connectivity index (χ0) is 21.0. The molecule has 5 nitrogen and oxygen atoms in total. The number of amides is 1. The van der Waals surface area contributed by atoms with Crippen molar-refractivity contribution in [2.24, 2.45) is 0 Å². The Balaban J connectivity index is 1.27. The van der Waals surface area contributed by atoms with E-state index < -0.39 is 0 Å². The number of piperazine rings is 1. The van der Waals surface area contributed by atoms with Gasteiger partial charge in [0.15, 0.2) is 5.82 Å². The lowest BCUT2D eigenvalue weighted by molar-refractivity contribution is -0.128. The minimum atomic E-state index is 0.165. The lowest BCUT2D eigenvalue weighted by atomic mass is 10.2. The molecule has 31 heavy (non-hydrogen) atoms. The number of aromatic nitrogens is 2. The molecule has 0 aliphatic carbocycles. The minimum absolute atomic E-state index is 0.165. The van der Waals surface area contributed by atoms with Crippen LogP contribution in [-0.2, 0) is 4.79 Å². The Morgan fingerprint density at radius 3 is 2.45 bits per heavy atom. The third-order valence-electron chi connectivity index (χ3n) is 5.40. The Morgan fingerprint density at radius 2 is 1.68 bits per heavy atom. The minimum Gasteiger partial charge on any atom is -0.368 e. The van der Waals surface area contributed by atoms with E-state index in [1.54, 1.807) is 11.3 Å². The number of hydrogen-bond donors (Lipinski definition) is 0. The molecule has 4 aromatic rings. The van der Waals surface area contributed by atoms with Gasteiger partial charge in [0.05, 0.1) is 16.1 Å². The molecule has 1 aliphatic heterocycles. The largest absolute Gasteiger partial charge is 0.368 e. The second-order valence-electron chi connectivity index (χ2n) is 7.34. The number of nitrogens with zero attached hydrogens (tertiary/aromatic N) is 4. The smallest absolute Gasteiger partial charge is 0.233 e. The Kier molecular flexibility index (Phi) is 5.86. The van der Waals surface area contributed by atoms with Crippen LogP contribution in [0, 0.1) is 0 Å². The van der Waals surface area contributed by atoms with E-state index in [9.17, 15) is 4.79 Å². The molecule has 0 atom stereocenters. The highest BCUT2D eigenvalue weighted by Gasteiger charge is 2.22. The Labute approximate surface area is 189 Å². The molecular weight excluding hydrogens is 424 g/mol. The standard InChI is InChI=1S/C24H22N4OS2/c29-22(28-14-12-27(13-15-28)18-7-2-1-3-8-18)17-31-24-19-9-4-5-10-20(19)25-23(26-24)21-11-6-16-30-21/h1-11,16H,12-15,17H2. The highest BCUT2D eigenvalue weighted by atomic mass is 32.2. The number of benzene rings is 2. The molecule has 0 bridgehead atoms. The second-order valence-corrected chi connectivity index (χ2v) is 9.25. The summed E-state index contributed by atoms with van der Waals surface area (Å²) in [4.78, 5) is 27.8. The first-order valence-corrected chi connectivity index (χ1v) is 12.2. The molecule has 5 rings (SSSR count). The van der Waals surface area contributed by atoms with E-state index in [1.165, 1.54) is 17.4 Å². The van der Waals surface area contributed by atoms with Crippen molar-refractivity contribution in [1.82, 2.24) is 14.9 Å².